The van der Waals surface area contributed by atoms with E-state index in [9.17, 15) is 9.59 Å². The third-order valence-corrected chi connectivity index (χ3v) is 3.07. The van der Waals surface area contributed by atoms with E-state index >= 15 is 0 Å². The predicted octanol–water partition coefficient (Wildman–Crippen LogP) is 1.69. The van der Waals surface area contributed by atoms with Crippen molar-refractivity contribution in [1.82, 2.24) is 10.3 Å². The maximum absolute atomic E-state index is 11.8. The maximum atomic E-state index is 11.8. The van der Waals surface area contributed by atoms with Gasteiger partial charge in [-0.2, -0.15) is 0 Å². The van der Waals surface area contributed by atoms with Crippen LogP contribution >= 0.6 is 0 Å². The lowest BCUT2D eigenvalue weighted by Gasteiger charge is -2.11. The monoisotopic (exact) mass is 260 g/mol. The number of para-hydroxylation sites is 1. The van der Waals surface area contributed by atoms with E-state index in [0.29, 0.717) is 6.42 Å². The Balaban J connectivity index is 2.09. The van der Waals surface area contributed by atoms with E-state index in [1.807, 2.05) is 24.3 Å². The number of carboxylic acids is 1. The summed E-state index contributed by atoms with van der Waals surface area (Å²) in [4.78, 5) is 25.8. The van der Waals surface area contributed by atoms with Gasteiger partial charge in [0.05, 0.1) is 6.42 Å². The van der Waals surface area contributed by atoms with Gasteiger partial charge in [-0.3, -0.25) is 4.79 Å². The van der Waals surface area contributed by atoms with Gasteiger partial charge in [-0.05, 0) is 18.1 Å². The van der Waals surface area contributed by atoms with Crippen molar-refractivity contribution < 1.29 is 14.7 Å². The van der Waals surface area contributed by atoms with E-state index < -0.39 is 12.0 Å². The maximum Gasteiger partial charge on any atom is 0.326 e. The SMILES string of the molecule is CC[C@H](NC(=O)Cc1c[nH]c2ccccc12)C(=O)O. The second-order valence-corrected chi connectivity index (χ2v) is 4.40. The van der Waals surface area contributed by atoms with Gasteiger partial charge in [0.25, 0.3) is 0 Å². The highest BCUT2D eigenvalue weighted by Gasteiger charge is 2.18. The molecule has 0 saturated carbocycles. The van der Waals surface area contributed by atoms with Crippen LogP contribution in [0.15, 0.2) is 30.5 Å². The number of H-pyrrole nitrogens is 1. The van der Waals surface area contributed by atoms with Crippen LogP contribution in [0.3, 0.4) is 0 Å². The van der Waals surface area contributed by atoms with E-state index in [1.54, 1.807) is 13.1 Å². The van der Waals surface area contributed by atoms with Crippen molar-refractivity contribution >= 4 is 22.8 Å². The van der Waals surface area contributed by atoms with Crippen LogP contribution in [0.1, 0.15) is 18.9 Å². The molecule has 1 heterocycles. The Morgan fingerprint density at radius 3 is 2.79 bits per heavy atom. The zero-order chi connectivity index (χ0) is 13.8. The van der Waals surface area contributed by atoms with Crippen LogP contribution in [0.5, 0.6) is 0 Å². The van der Waals surface area contributed by atoms with Crippen molar-refractivity contribution in [2.45, 2.75) is 25.8 Å². The number of hydrogen-bond donors (Lipinski definition) is 3. The fourth-order valence-corrected chi connectivity index (χ4v) is 2.03. The molecule has 3 N–H and O–H groups in total. The van der Waals surface area contributed by atoms with E-state index in [4.69, 9.17) is 5.11 Å². The summed E-state index contributed by atoms with van der Waals surface area (Å²) >= 11 is 0. The molecule has 1 atom stereocenters. The lowest BCUT2D eigenvalue weighted by atomic mass is 10.1. The number of benzene rings is 1. The standard InChI is InChI=1S/C14H16N2O3/c1-2-11(14(18)19)16-13(17)7-9-8-15-12-6-4-3-5-10(9)12/h3-6,8,11,15H,2,7H2,1H3,(H,16,17)(H,18,19)/t11-/m0/s1. The smallest absolute Gasteiger partial charge is 0.326 e. The van der Waals surface area contributed by atoms with Crippen molar-refractivity contribution in [3.05, 3.63) is 36.0 Å². The Kier molecular flexibility index (Phi) is 3.85. The predicted molar refractivity (Wildman–Crippen MR) is 71.9 cm³/mol. The van der Waals surface area contributed by atoms with Gasteiger partial charge in [0, 0.05) is 17.1 Å². The normalized spacial score (nSPS) is 12.3. The number of rotatable bonds is 5. The van der Waals surface area contributed by atoms with Crippen LogP contribution in [-0.2, 0) is 16.0 Å². The van der Waals surface area contributed by atoms with Gasteiger partial charge in [0.1, 0.15) is 6.04 Å². The molecule has 0 spiro atoms. The van der Waals surface area contributed by atoms with E-state index in [2.05, 4.69) is 10.3 Å². The highest BCUT2D eigenvalue weighted by Crippen LogP contribution is 2.17. The van der Waals surface area contributed by atoms with E-state index in [-0.39, 0.29) is 12.3 Å². The zero-order valence-electron chi connectivity index (χ0n) is 10.6. The summed E-state index contributed by atoms with van der Waals surface area (Å²) in [5.74, 6) is -1.28. The number of aliphatic carboxylic acids is 1. The van der Waals surface area contributed by atoms with Gasteiger partial charge in [0.2, 0.25) is 5.91 Å². The Morgan fingerprint density at radius 2 is 2.11 bits per heavy atom. The summed E-state index contributed by atoms with van der Waals surface area (Å²) in [6, 6.07) is 6.87. The summed E-state index contributed by atoms with van der Waals surface area (Å²) in [6.07, 6.45) is 2.33. The molecular weight excluding hydrogens is 244 g/mol. The van der Waals surface area contributed by atoms with Crippen LogP contribution in [0.25, 0.3) is 10.9 Å². The molecule has 0 fully saturated rings. The summed E-state index contributed by atoms with van der Waals surface area (Å²) < 4.78 is 0. The minimum Gasteiger partial charge on any atom is -0.480 e. The number of amides is 1. The molecule has 0 unspecified atom stereocenters. The number of carbonyl (C=O) groups excluding carboxylic acids is 1. The second kappa shape index (κ2) is 5.56. The molecule has 0 aliphatic heterocycles. The summed E-state index contributed by atoms with van der Waals surface area (Å²) in [5.41, 5.74) is 1.84. The third-order valence-electron chi connectivity index (χ3n) is 3.07. The molecule has 2 aromatic rings. The Bertz CT molecular complexity index is 604. The number of nitrogens with one attached hydrogen (secondary N) is 2. The number of carbonyl (C=O) groups is 2. The topological polar surface area (TPSA) is 82.2 Å². The summed E-state index contributed by atoms with van der Waals surface area (Å²) in [5, 5.41) is 12.4. The largest absolute Gasteiger partial charge is 0.480 e. The Morgan fingerprint density at radius 1 is 1.37 bits per heavy atom. The molecule has 1 amide bonds. The van der Waals surface area contributed by atoms with Crippen molar-refractivity contribution in [3.63, 3.8) is 0 Å². The number of carboxylic acid groups (broad SMARTS) is 1. The molecule has 1 aromatic carbocycles. The molecule has 2 rings (SSSR count). The number of fused-ring (bicyclic) bond motifs is 1. The highest BCUT2D eigenvalue weighted by molar-refractivity contribution is 5.90. The fraction of sp³-hybridized carbons (Fsp3) is 0.286. The molecule has 0 saturated heterocycles. The summed E-state index contributed by atoms with van der Waals surface area (Å²) in [7, 11) is 0. The van der Waals surface area contributed by atoms with Crippen LogP contribution in [0.4, 0.5) is 0 Å². The number of aromatic amines is 1. The van der Waals surface area contributed by atoms with E-state index in [1.165, 1.54) is 0 Å². The second-order valence-electron chi connectivity index (χ2n) is 4.40. The number of hydrogen-bond acceptors (Lipinski definition) is 2. The minimum absolute atomic E-state index is 0.174. The van der Waals surface area contributed by atoms with Gasteiger partial charge < -0.3 is 15.4 Å². The molecule has 0 bridgehead atoms. The first-order valence-electron chi connectivity index (χ1n) is 6.19. The average Bonchev–Trinajstić information content (AvgIpc) is 2.79. The molecule has 1 aromatic heterocycles. The van der Waals surface area contributed by atoms with Crippen LogP contribution < -0.4 is 5.32 Å². The van der Waals surface area contributed by atoms with Gasteiger partial charge in [-0.1, -0.05) is 25.1 Å². The van der Waals surface area contributed by atoms with Gasteiger partial charge in [0.15, 0.2) is 0 Å². The highest BCUT2D eigenvalue weighted by atomic mass is 16.4. The quantitative estimate of drug-likeness (QED) is 0.765. The fourth-order valence-electron chi connectivity index (χ4n) is 2.03. The first-order chi connectivity index (χ1) is 9.11. The van der Waals surface area contributed by atoms with Crippen molar-refractivity contribution in [2.24, 2.45) is 0 Å². The molecule has 0 aliphatic carbocycles. The van der Waals surface area contributed by atoms with Gasteiger partial charge >= 0.3 is 5.97 Å². The van der Waals surface area contributed by atoms with Crippen LogP contribution in [0.2, 0.25) is 0 Å². The summed E-state index contributed by atoms with van der Waals surface area (Å²) in [6.45, 7) is 1.73. The van der Waals surface area contributed by atoms with Crippen LogP contribution in [0, 0.1) is 0 Å². The zero-order valence-corrected chi connectivity index (χ0v) is 10.6. The van der Waals surface area contributed by atoms with Gasteiger partial charge in [-0.15, -0.1) is 0 Å². The molecule has 0 aliphatic rings. The third kappa shape index (κ3) is 2.93. The lowest BCUT2D eigenvalue weighted by molar-refractivity contribution is -0.141. The number of aromatic nitrogens is 1. The lowest BCUT2D eigenvalue weighted by Crippen LogP contribution is -2.40. The molecule has 0 radical (unpaired) electrons. The molecular formula is C14H16N2O3. The first kappa shape index (κ1) is 13.1. The molecule has 5 heteroatoms. The molecule has 100 valence electrons. The molecule has 19 heavy (non-hydrogen) atoms. The van der Waals surface area contributed by atoms with Crippen molar-refractivity contribution in [2.75, 3.05) is 0 Å². The van der Waals surface area contributed by atoms with Gasteiger partial charge in [-0.25, -0.2) is 4.79 Å². The first-order valence-corrected chi connectivity index (χ1v) is 6.19. The average molecular weight is 260 g/mol. The Labute approximate surface area is 110 Å². The Hall–Kier alpha value is -2.30. The van der Waals surface area contributed by atoms with Crippen LogP contribution in [-0.4, -0.2) is 28.0 Å². The van der Waals surface area contributed by atoms with E-state index in [0.717, 1.165) is 16.5 Å². The minimum atomic E-state index is -1.00. The van der Waals surface area contributed by atoms with Crippen molar-refractivity contribution in [1.29, 1.82) is 0 Å². The molecule has 5 nitrogen and oxygen atoms in total. The van der Waals surface area contributed by atoms with Crippen molar-refractivity contribution in [3.8, 4) is 0 Å².